The van der Waals surface area contributed by atoms with Crippen LogP contribution in [-0.4, -0.2) is 27.0 Å². The van der Waals surface area contributed by atoms with E-state index in [-0.39, 0.29) is 11.5 Å². The van der Waals surface area contributed by atoms with E-state index in [2.05, 4.69) is 10.1 Å². The van der Waals surface area contributed by atoms with Crippen molar-refractivity contribution in [3.05, 3.63) is 75.0 Å². The summed E-state index contributed by atoms with van der Waals surface area (Å²) in [6, 6.07) is 17.1. The van der Waals surface area contributed by atoms with E-state index in [4.69, 9.17) is 0 Å². The summed E-state index contributed by atoms with van der Waals surface area (Å²) in [6.07, 6.45) is 0.841. The van der Waals surface area contributed by atoms with E-state index in [1.54, 1.807) is 4.90 Å². The average Bonchev–Trinajstić information content (AvgIpc) is 3.35. The Morgan fingerprint density at radius 3 is 2.50 bits per heavy atom. The Morgan fingerprint density at radius 2 is 1.75 bits per heavy atom. The minimum atomic E-state index is -0.300. The van der Waals surface area contributed by atoms with Crippen molar-refractivity contribution in [1.82, 2.24) is 14.6 Å². The van der Waals surface area contributed by atoms with Crippen molar-refractivity contribution in [1.29, 1.82) is 0 Å². The van der Waals surface area contributed by atoms with Gasteiger partial charge in [-0.3, -0.25) is 9.59 Å². The summed E-state index contributed by atoms with van der Waals surface area (Å²) in [5.41, 5.74) is 2.65. The first-order valence-corrected chi connectivity index (χ1v) is 9.91. The standard InChI is InChI=1S/C21H16N4O2S/c1-2-12-24-15-11-7-6-10-14(15)16(19(24)26)17-20(27)25-21(28-17)22-18(23-25)13-8-4-3-5-9-13/h3-11H,2,12H2,1H3/b17-16+. The first-order valence-electron chi connectivity index (χ1n) is 9.09. The Hall–Kier alpha value is -3.32. The van der Waals surface area contributed by atoms with Crippen molar-refractivity contribution in [2.24, 2.45) is 0 Å². The predicted molar refractivity (Wildman–Crippen MR) is 109 cm³/mol. The number of aromatic nitrogens is 3. The van der Waals surface area contributed by atoms with Crippen LogP contribution >= 0.6 is 11.3 Å². The molecular formula is C21H16N4O2S. The van der Waals surface area contributed by atoms with E-state index >= 15 is 0 Å². The van der Waals surface area contributed by atoms with E-state index in [0.717, 1.165) is 23.2 Å². The molecule has 0 saturated carbocycles. The van der Waals surface area contributed by atoms with Gasteiger partial charge in [-0.05, 0) is 12.5 Å². The summed E-state index contributed by atoms with van der Waals surface area (Å²) in [7, 11) is 0. The maximum absolute atomic E-state index is 13.1. The van der Waals surface area contributed by atoms with Crippen LogP contribution in [0.3, 0.4) is 0 Å². The molecule has 0 radical (unpaired) electrons. The van der Waals surface area contributed by atoms with Crippen LogP contribution in [0.1, 0.15) is 18.9 Å². The van der Waals surface area contributed by atoms with Crippen LogP contribution in [0.25, 0.3) is 21.9 Å². The average molecular weight is 388 g/mol. The van der Waals surface area contributed by atoms with Gasteiger partial charge in [0.1, 0.15) is 4.53 Å². The number of hydrogen-bond donors (Lipinski definition) is 0. The summed E-state index contributed by atoms with van der Waals surface area (Å²) in [5, 5.41) is 4.38. The predicted octanol–water partition coefficient (Wildman–Crippen LogP) is 2.49. The second kappa shape index (κ2) is 6.38. The molecule has 0 saturated heterocycles. The number of rotatable bonds is 3. The Bertz CT molecular complexity index is 1320. The van der Waals surface area contributed by atoms with E-state index in [0.29, 0.717) is 27.4 Å². The molecule has 0 fully saturated rings. The second-order valence-electron chi connectivity index (χ2n) is 6.58. The number of para-hydroxylation sites is 1. The Balaban J connectivity index is 1.74. The van der Waals surface area contributed by atoms with Crippen LogP contribution in [0.5, 0.6) is 0 Å². The third-order valence-electron chi connectivity index (χ3n) is 4.79. The molecule has 0 unspecified atom stereocenters. The number of nitrogens with zero attached hydrogens (tertiary/aromatic N) is 4. The molecule has 7 heteroatoms. The molecule has 0 spiro atoms. The van der Waals surface area contributed by atoms with Crippen molar-refractivity contribution in [3.63, 3.8) is 0 Å². The molecule has 0 N–H and O–H groups in total. The normalized spacial score (nSPS) is 15.5. The van der Waals surface area contributed by atoms with Gasteiger partial charge in [-0.15, -0.1) is 5.10 Å². The number of anilines is 1. The lowest BCUT2D eigenvalue weighted by atomic mass is 10.1. The van der Waals surface area contributed by atoms with E-state index < -0.39 is 0 Å². The van der Waals surface area contributed by atoms with Gasteiger partial charge in [0.15, 0.2) is 5.82 Å². The third-order valence-corrected chi connectivity index (χ3v) is 5.82. The Labute approximate surface area is 164 Å². The molecular weight excluding hydrogens is 372 g/mol. The van der Waals surface area contributed by atoms with Crippen LogP contribution in [0.4, 0.5) is 5.69 Å². The lowest BCUT2D eigenvalue weighted by molar-refractivity contribution is -0.113. The molecule has 2 aromatic heterocycles. The molecule has 5 rings (SSSR count). The number of carbonyl (C=O) groups is 1. The summed E-state index contributed by atoms with van der Waals surface area (Å²) in [6.45, 7) is 2.65. The minimum Gasteiger partial charge on any atom is -0.308 e. The molecule has 1 aliphatic rings. The van der Waals surface area contributed by atoms with Crippen molar-refractivity contribution < 1.29 is 4.79 Å². The van der Waals surface area contributed by atoms with Crippen molar-refractivity contribution in [3.8, 4) is 11.4 Å². The highest BCUT2D eigenvalue weighted by Gasteiger charge is 2.33. The van der Waals surface area contributed by atoms with Gasteiger partial charge in [-0.1, -0.05) is 66.8 Å². The summed E-state index contributed by atoms with van der Waals surface area (Å²) in [5.74, 6) is 0.374. The van der Waals surface area contributed by atoms with Gasteiger partial charge < -0.3 is 4.90 Å². The quantitative estimate of drug-likeness (QED) is 0.541. The fourth-order valence-electron chi connectivity index (χ4n) is 3.54. The van der Waals surface area contributed by atoms with Gasteiger partial charge in [0.2, 0.25) is 4.96 Å². The maximum Gasteiger partial charge on any atom is 0.291 e. The minimum absolute atomic E-state index is 0.132. The first kappa shape index (κ1) is 16.8. The molecule has 138 valence electrons. The molecule has 1 amide bonds. The lowest BCUT2D eigenvalue weighted by Gasteiger charge is -2.15. The van der Waals surface area contributed by atoms with Crippen LogP contribution in [0.15, 0.2) is 59.4 Å². The second-order valence-corrected chi connectivity index (χ2v) is 7.56. The zero-order valence-electron chi connectivity index (χ0n) is 15.1. The summed E-state index contributed by atoms with van der Waals surface area (Å²) >= 11 is 1.22. The maximum atomic E-state index is 13.1. The molecule has 1 aliphatic heterocycles. The van der Waals surface area contributed by atoms with Gasteiger partial charge in [0.05, 0.1) is 11.3 Å². The van der Waals surface area contributed by atoms with Crippen molar-refractivity contribution >= 4 is 33.5 Å². The van der Waals surface area contributed by atoms with Crippen molar-refractivity contribution in [2.45, 2.75) is 13.3 Å². The molecule has 0 bridgehead atoms. The highest BCUT2D eigenvalue weighted by atomic mass is 32.1. The van der Waals surface area contributed by atoms with E-state index in [1.807, 2.05) is 61.5 Å². The molecule has 28 heavy (non-hydrogen) atoms. The molecule has 3 heterocycles. The van der Waals surface area contributed by atoms with Crippen LogP contribution in [0, 0.1) is 0 Å². The Morgan fingerprint density at radius 1 is 1.00 bits per heavy atom. The van der Waals surface area contributed by atoms with Crippen LogP contribution < -0.4 is 15.0 Å². The molecule has 0 atom stereocenters. The van der Waals surface area contributed by atoms with Gasteiger partial charge in [-0.25, -0.2) is 0 Å². The number of benzene rings is 2. The fraction of sp³-hybridized carbons (Fsp3) is 0.143. The smallest absolute Gasteiger partial charge is 0.291 e. The van der Waals surface area contributed by atoms with Gasteiger partial charge >= 0.3 is 0 Å². The fourth-order valence-corrected chi connectivity index (χ4v) is 4.54. The number of carbonyl (C=O) groups excluding carboxylic acids is 1. The Kier molecular flexibility index (Phi) is 3.84. The molecule has 2 aromatic carbocycles. The van der Waals surface area contributed by atoms with Gasteiger partial charge in [0, 0.05) is 17.7 Å². The van der Waals surface area contributed by atoms with Gasteiger partial charge in [0.25, 0.3) is 11.5 Å². The largest absolute Gasteiger partial charge is 0.308 e. The van der Waals surface area contributed by atoms with Crippen molar-refractivity contribution in [2.75, 3.05) is 11.4 Å². The first-order chi connectivity index (χ1) is 13.7. The SMILES string of the molecule is CCCN1C(=O)/C(=c2/sc3nc(-c4ccccc4)nn3c2=O)c2ccccc21. The van der Waals surface area contributed by atoms with Crippen LogP contribution in [-0.2, 0) is 4.79 Å². The third kappa shape index (κ3) is 2.40. The van der Waals surface area contributed by atoms with E-state index in [1.165, 1.54) is 15.9 Å². The highest BCUT2D eigenvalue weighted by molar-refractivity contribution is 7.15. The highest BCUT2D eigenvalue weighted by Crippen LogP contribution is 2.35. The zero-order chi connectivity index (χ0) is 19.3. The van der Waals surface area contributed by atoms with Gasteiger partial charge in [-0.2, -0.15) is 9.50 Å². The summed E-state index contributed by atoms with van der Waals surface area (Å²) < 4.78 is 1.69. The van der Waals surface area contributed by atoms with Crippen LogP contribution in [0.2, 0.25) is 0 Å². The topological polar surface area (TPSA) is 67.6 Å². The van der Waals surface area contributed by atoms with E-state index in [9.17, 15) is 9.59 Å². The zero-order valence-corrected chi connectivity index (χ0v) is 15.9. The summed E-state index contributed by atoms with van der Waals surface area (Å²) in [4.78, 5) is 32.9. The monoisotopic (exact) mass is 388 g/mol. The number of hydrogen-bond acceptors (Lipinski definition) is 5. The number of thiazole rings is 1. The number of fused-ring (bicyclic) bond motifs is 2. The molecule has 0 aliphatic carbocycles. The molecule has 6 nitrogen and oxygen atoms in total. The number of amides is 1. The molecule has 4 aromatic rings. The lowest BCUT2D eigenvalue weighted by Crippen LogP contribution is -2.32.